The summed E-state index contributed by atoms with van der Waals surface area (Å²) in [5.41, 5.74) is 1.09. The van der Waals surface area contributed by atoms with E-state index in [0.29, 0.717) is 22.3 Å². The first-order valence-corrected chi connectivity index (χ1v) is 8.63. The number of carbonyl (C=O) groups is 1. The molecule has 1 unspecified atom stereocenters. The summed E-state index contributed by atoms with van der Waals surface area (Å²) in [7, 11) is 0. The molecule has 134 valence electrons. The fourth-order valence-corrected chi connectivity index (χ4v) is 2.68. The van der Waals surface area contributed by atoms with Crippen molar-refractivity contribution in [1.82, 2.24) is 14.8 Å². The van der Waals surface area contributed by atoms with Crippen molar-refractivity contribution in [1.29, 1.82) is 0 Å². The number of carbonyl (C=O) groups excluding carboxylic acids is 1. The number of nitrogens with zero attached hydrogens (tertiary/aromatic N) is 3. The van der Waals surface area contributed by atoms with Gasteiger partial charge in [-0.25, -0.2) is 9.67 Å². The zero-order valence-electron chi connectivity index (χ0n) is 13.9. The minimum Gasteiger partial charge on any atom is -0.479 e. The Morgan fingerprint density at radius 2 is 2.00 bits per heavy atom. The van der Waals surface area contributed by atoms with Crippen LogP contribution in [0.2, 0.25) is 10.0 Å². The molecule has 26 heavy (non-hydrogen) atoms. The number of hydrogen-bond donors (Lipinski definition) is 1. The number of benzene rings is 2. The third-order valence-electron chi connectivity index (χ3n) is 3.53. The standard InChI is InChI=1S/C18H16Cl2N4O2/c1-12(26-16-8-7-14(19)9-15(16)20)17(25)22-18-21-11-24(23-18)10-13-5-3-2-4-6-13/h2-9,11-12H,10H2,1H3,(H,22,23,25). The van der Waals surface area contributed by atoms with Crippen LogP contribution in [0, 0.1) is 0 Å². The van der Waals surface area contributed by atoms with Gasteiger partial charge in [-0.3, -0.25) is 10.1 Å². The van der Waals surface area contributed by atoms with Crippen LogP contribution >= 0.6 is 23.2 Å². The quantitative estimate of drug-likeness (QED) is 0.689. The van der Waals surface area contributed by atoms with Crippen molar-refractivity contribution in [2.45, 2.75) is 19.6 Å². The molecule has 0 aliphatic carbocycles. The van der Waals surface area contributed by atoms with E-state index < -0.39 is 6.10 Å². The number of halogens is 2. The summed E-state index contributed by atoms with van der Waals surface area (Å²) in [6, 6.07) is 14.6. The summed E-state index contributed by atoms with van der Waals surface area (Å²) in [5, 5.41) is 7.69. The van der Waals surface area contributed by atoms with Crippen LogP contribution in [0.25, 0.3) is 0 Å². The average Bonchev–Trinajstić information content (AvgIpc) is 3.05. The lowest BCUT2D eigenvalue weighted by molar-refractivity contribution is -0.122. The van der Waals surface area contributed by atoms with Crippen molar-refractivity contribution < 1.29 is 9.53 Å². The van der Waals surface area contributed by atoms with Crippen LogP contribution in [0.5, 0.6) is 5.75 Å². The zero-order valence-corrected chi connectivity index (χ0v) is 15.4. The maximum absolute atomic E-state index is 12.3. The van der Waals surface area contributed by atoms with E-state index in [1.54, 1.807) is 36.1 Å². The maximum Gasteiger partial charge on any atom is 0.267 e. The predicted octanol–water partition coefficient (Wildman–Crippen LogP) is 4.04. The van der Waals surface area contributed by atoms with Gasteiger partial charge in [-0.1, -0.05) is 53.5 Å². The lowest BCUT2D eigenvalue weighted by Crippen LogP contribution is -2.30. The van der Waals surface area contributed by atoms with Gasteiger partial charge in [-0.2, -0.15) is 0 Å². The van der Waals surface area contributed by atoms with Gasteiger partial charge >= 0.3 is 0 Å². The number of amides is 1. The summed E-state index contributed by atoms with van der Waals surface area (Å²) < 4.78 is 7.22. The molecule has 1 atom stereocenters. The molecule has 0 aliphatic heterocycles. The largest absolute Gasteiger partial charge is 0.479 e. The van der Waals surface area contributed by atoms with Crippen molar-refractivity contribution in [3.8, 4) is 5.75 Å². The van der Waals surface area contributed by atoms with Crippen LogP contribution in [-0.2, 0) is 11.3 Å². The Morgan fingerprint density at radius 1 is 1.23 bits per heavy atom. The van der Waals surface area contributed by atoms with E-state index in [0.717, 1.165) is 5.56 Å². The molecule has 0 saturated carbocycles. The summed E-state index contributed by atoms with van der Waals surface area (Å²) in [6.07, 6.45) is 0.777. The minimum atomic E-state index is -0.783. The van der Waals surface area contributed by atoms with Gasteiger partial charge in [0.25, 0.3) is 5.91 Å². The van der Waals surface area contributed by atoms with Crippen molar-refractivity contribution in [2.24, 2.45) is 0 Å². The van der Waals surface area contributed by atoms with Gasteiger partial charge in [0.05, 0.1) is 11.6 Å². The molecule has 0 bridgehead atoms. The van der Waals surface area contributed by atoms with E-state index in [4.69, 9.17) is 27.9 Å². The zero-order chi connectivity index (χ0) is 18.5. The maximum atomic E-state index is 12.3. The van der Waals surface area contributed by atoms with Gasteiger partial charge in [0.2, 0.25) is 5.95 Å². The number of hydrogen-bond acceptors (Lipinski definition) is 4. The fraction of sp³-hybridized carbons (Fsp3) is 0.167. The van der Waals surface area contributed by atoms with E-state index in [1.165, 1.54) is 0 Å². The van der Waals surface area contributed by atoms with Crippen molar-refractivity contribution >= 4 is 35.1 Å². The van der Waals surface area contributed by atoms with Crippen LogP contribution in [0.15, 0.2) is 54.9 Å². The van der Waals surface area contributed by atoms with Gasteiger partial charge in [0.15, 0.2) is 6.10 Å². The molecule has 0 spiro atoms. The summed E-state index contributed by atoms with van der Waals surface area (Å²) >= 11 is 11.9. The van der Waals surface area contributed by atoms with E-state index in [2.05, 4.69) is 15.4 Å². The molecule has 0 aliphatic rings. The Kier molecular flexibility index (Phi) is 5.75. The monoisotopic (exact) mass is 390 g/mol. The highest BCUT2D eigenvalue weighted by atomic mass is 35.5. The smallest absolute Gasteiger partial charge is 0.267 e. The summed E-state index contributed by atoms with van der Waals surface area (Å²) in [4.78, 5) is 16.4. The van der Waals surface area contributed by atoms with Gasteiger partial charge < -0.3 is 4.74 Å². The molecular weight excluding hydrogens is 375 g/mol. The highest BCUT2D eigenvalue weighted by molar-refractivity contribution is 6.35. The molecule has 0 fully saturated rings. The normalized spacial score (nSPS) is 11.8. The molecule has 3 aromatic rings. The predicted molar refractivity (Wildman–Crippen MR) is 101 cm³/mol. The number of aromatic nitrogens is 3. The Balaban J connectivity index is 1.59. The second kappa shape index (κ2) is 8.21. The number of ether oxygens (including phenoxy) is 1. The molecule has 1 heterocycles. The SMILES string of the molecule is CC(Oc1ccc(Cl)cc1Cl)C(=O)Nc1ncn(Cc2ccccc2)n1. The molecular formula is C18H16Cl2N4O2. The molecule has 8 heteroatoms. The molecule has 1 amide bonds. The molecule has 1 N–H and O–H groups in total. The van der Waals surface area contributed by atoms with Crippen LogP contribution in [0.3, 0.4) is 0 Å². The summed E-state index contributed by atoms with van der Waals surface area (Å²) in [5.74, 6) is 0.207. The second-order valence-corrected chi connectivity index (χ2v) is 6.42. The van der Waals surface area contributed by atoms with Gasteiger partial charge in [-0.05, 0) is 30.7 Å². The van der Waals surface area contributed by atoms with Gasteiger partial charge in [0, 0.05) is 5.02 Å². The molecule has 2 aromatic carbocycles. The van der Waals surface area contributed by atoms with E-state index in [9.17, 15) is 4.79 Å². The second-order valence-electron chi connectivity index (χ2n) is 5.58. The highest BCUT2D eigenvalue weighted by Gasteiger charge is 2.18. The third kappa shape index (κ3) is 4.74. The van der Waals surface area contributed by atoms with E-state index in [-0.39, 0.29) is 11.9 Å². The first kappa shape index (κ1) is 18.2. The Hall–Kier alpha value is -2.57. The van der Waals surface area contributed by atoms with E-state index >= 15 is 0 Å². The Morgan fingerprint density at radius 3 is 2.73 bits per heavy atom. The number of rotatable bonds is 6. The third-order valence-corrected chi connectivity index (χ3v) is 4.06. The average molecular weight is 391 g/mol. The molecule has 6 nitrogen and oxygen atoms in total. The van der Waals surface area contributed by atoms with E-state index in [1.807, 2.05) is 30.3 Å². The van der Waals surface area contributed by atoms with Crippen molar-refractivity contribution in [3.05, 3.63) is 70.5 Å². The number of anilines is 1. The molecule has 3 rings (SSSR count). The van der Waals surface area contributed by atoms with Crippen LogP contribution < -0.4 is 10.1 Å². The van der Waals surface area contributed by atoms with Crippen LogP contribution in [-0.4, -0.2) is 26.8 Å². The first-order valence-electron chi connectivity index (χ1n) is 7.87. The van der Waals surface area contributed by atoms with Gasteiger partial charge in [0.1, 0.15) is 12.1 Å². The number of nitrogens with one attached hydrogen (secondary N) is 1. The lowest BCUT2D eigenvalue weighted by atomic mass is 10.2. The highest BCUT2D eigenvalue weighted by Crippen LogP contribution is 2.28. The molecule has 1 aromatic heterocycles. The fourth-order valence-electron chi connectivity index (χ4n) is 2.23. The lowest BCUT2D eigenvalue weighted by Gasteiger charge is -2.14. The minimum absolute atomic E-state index is 0.212. The Bertz CT molecular complexity index is 899. The van der Waals surface area contributed by atoms with Gasteiger partial charge in [-0.15, -0.1) is 5.10 Å². The topological polar surface area (TPSA) is 69.0 Å². The first-order chi connectivity index (χ1) is 12.5. The van der Waals surface area contributed by atoms with Crippen LogP contribution in [0.4, 0.5) is 5.95 Å². The van der Waals surface area contributed by atoms with Crippen molar-refractivity contribution in [3.63, 3.8) is 0 Å². The molecule has 0 radical (unpaired) electrons. The van der Waals surface area contributed by atoms with Crippen LogP contribution in [0.1, 0.15) is 12.5 Å². The molecule has 0 saturated heterocycles. The van der Waals surface area contributed by atoms with Crippen molar-refractivity contribution in [2.75, 3.05) is 5.32 Å². The summed E-state index contributed by atoms with van der Waals surface area (Å²) in [6.45, 7) is 2.18. The Labute approximate surface area is 160 Å².